The number of hydrogen-bond acceptors (Lipinski definition) is 5. The average Bonchev–Trinajstić information content (AvgIpc) is 3.51. The van der Waals surface area contributed by atoms with Gasteiger partial charge < -0.3 is 4.74 Å². The van der Waals surface area contributed by atoms with Crippen LogP contribution in [0.15, 0.2) is 110 Å². The van der Waals surface area contributed by atoms with E-state index in [4.69, 9.17) is 4.74 Å². The number of carbonyl (C=O) groups excluding carboxylic acids is 1. The molecule has 0 N–H and O–H groups in total. The van der Waals surface area contributed by atoms with Crippen LogP contribution in [-0.4, -0.2) is 30.6 Å². The lowest BCUT2D eigenvalue weighted by atomic mass is 9.77. The predicted octanol–water partition coefficient (Wildman–Crippen LogP) is 4.67. The smallest absolute Gasteiger partial charge is 0.387 e. The lowest BCUT2D eigenvalue weighted by Crippen LogP contribution is -2.38. The van der Waals surface area contributed by atoms with Crippen molar-refractivity contribution in [3.8, 4) is 5.88 Å². The molecule has 0 aliphatic carbocycles. The van der Waals surface area contributed by atoms with Crippen LogP contribution in [0, 0.1) is 6.92 Å². The van der Waals surface area contributed by atoms with Crippen molar-refractivity contribution < 1.29 is 9.53 Å². The van der Waals surface area contributed by atoms with Gasteiger partial charge in [-0.1, -0.05) is 101 Å². The molecule has 0 bridgehead atoms. The van der Waals surface area contributed by atoms with E-state index in [0.29, 0.717) is 5.82 Å². The van der Waals surface area contributed by atoms with Gasteiger partial charge in [0.25, 0.3) is 5.88 Å². The number of aromatic nitrogens is 5. The largest absolute Gasteiger partial charge is 0.426 e. The zero-order valence-corrected chi connectivity index (χ0v) is 17.9. The highest BCUT2D eigenvalue weighted by molar-refractivity contribution is 5.73. The van der Waals surface area contributed by atoms with Crippen LogP contribution < -0.4 is 4.74 Å². The minimum absolute atomic E-state index is 0.0975. The second-order valence-electron chi connectivity index (χ2n) is 7.52. The van der Waals surface area contributed by atoms with E-state index in [9.17, 15) is 4.79 Å². The number of nitrogens with zero attached hydrogens (tertiary/aromatic N) is 5. The molecule has 0 spiro atoms. The summed E-state index contributed by atoms with van der Waals surface area (Å²) >= 11 is 0. The Bertz CT molecular complexity index is 1260. The fourth-order valence-electron chi connectivity index (χ4n) is 4.10. The van der Waals surface area contributed by atoms with E-state index in [2.05, 4.69) is 51.7 Å². The molecule has 2 aromatic heterocycles. The maximum absolute atomic E-state index is 12.6. The zero-order valence-electron chi connectivity index (χ0n) is 17.9. The van der Waals surface area contributed by atoms with E-state index in [0.717, 1.165) is 16.7 Å². The molecule has 0 aliphatic heterocycles. The van der Waals surface area contributed by atoms with Crippen molar-refractivity contribution in [2.75, 3.05) is 0 Å². The summed E-state index contributed by atoms with van der Waals surface area (Å²) in [7, 11) is 0. The van der Waals surface area contributed by atoms with Crippen LogP contribution in [0.2, 0.25) is 0 Å². The molecule has 0 unspecified atom stereocenters. The molecule has 0 fully saturated rings. The van der Waals surface area contributed by atoms with Crippen molar-refractivity contribution in [1.82, 2.24) is 24.5 Å². The Balaban J connectivity index is 1.68. The molecule has 2 heterocycles. The Morgan fingerprint density at radius 1 is 0.818 bits per heavy atom. The van der Waals surface area contributed by atoms with Crippen molar-refractivity contribution >= 4 is 6.09 Å². The van der Waals surface area contributed by atoms with Gasteiger partial charge in [-0.3, -0.25) is 0 Å². The Kier molecular flexibility index (Phi) is 5.28. The molecule has 0 saturated heterocycles. The number of benzene rings is 3. The first-order valence-corrected chi connectivity index (χ1v) is 10.5. The lowest BCUT2D eigenvalue weighted by molar-refractivity contribution is 0.199. The minimum atomic E-state index is -0.827. The fourth-order valence-corrected chi connectivity index (χ4v) is 4.10. The summed E-state index contributed by atoms with van der Waals surface area (Å²) in [5.74, 6) is 0.625. The quantitative estimate of drug-likeness (QED) is 0.375. The Morgan fingerprint density at radius 3 is 1.79 bits per heavy atom. The van der Waals surface area contributed by atoms with Crippen LogP contribution in [0.25, 0.3) is 0 Å². The van der Waals surface area contributed by atoms with Gasteiger partial charge in [0.05, 0.1) is 6.20 Å². The summed E-state index contributed by atoms with van der Waals surface area (Å²) in [4.78, 5) is 16.7. The molecule has 0 aliphatic rings. The van der Waals surface area contributed by atoms with Crippen molar-refractivity contribution in [1.29, 1.82) is 0 Å². The van der Waals surface area contributed by atoms with Gasteiger partial charge >= 0.3 is 6.09 Å². The third kappa shape index (κ3) is 3.59. The summed E-state index contributed by atoms with van der Waals surface area (Å²) in [5, 5.41) is 8.61. The third-order valence-corrected chi connectivity index (χ3v) is 5.61. The molecule has 0 amide bonds. The third-order valence-electron chi connectivity index (χ3n) is 5.61. The van der Waals surface area contributed by atoms with E-state index < -0.39 is 11.6 Å². The minimum Gasteiger partial charge on any atom is -0.387 e. The topological polar surface area (TPSA) is 74.8 Å². The molecule has 0 atom stereocenters. The molecular weight excluding hydrogens is 414 g/mol. The van der Waals surface area contributed by atoms with Gasteiger partial charge in [-0.15, -0.1) is 0 Å². The van der Waals surface area contributed by atoms with Gasteiger partial charge in [0.1, 0.15) is 11.4 Å². The first-order chi connectivity index (χ1) is 16.2. The number of ether oxygens (including phenoxy) is 1. The van der Waals surface area contributed by atoms with E-state index in [1.54, 1.807) is 30.2 Å². The highest BCUT2D eigenvalue weighted by Gasteiger charge is 2.40. The van der Waals surface area contributed by atoms with Gasteiger partial charge in [0.2, 0.25) is 0 Å². The van der Waals surface area contributed by atoms with Crippen LogP contribution in [0.1, 0.15) is 22.5 Å². The normalized spacial score (nSPS) is 11.3. The zero-order chi connectivity index (χ0) is 22.7. The van der Waals surface area contributed by atoms with Gasteiger partial charge in [-0.25, -0.2) is 19.0 Å². The molecule has 7 heteroatoms. The lowest BCUT2D eigenvalue weighted by Gasteiger charge is -2.35. The molecule has 7 nitrogen and oxygen atoms in total. The van der Waals surface area contributed by atoms with E-state index in [-0.39, 0.29) is 5.88 Å². The van der Waals surface area contributed by atoms with Gasteiger partial charge in [0.15, 0.2) is 0 Å². The van der Waals surface area contributed by atoms with Gasteiger partial charge in [-0.2, -0.15) is 0 Å². The van der Waals surface area contributed by atoms with Crippen molar-refractivity contribution in [2.24, 2.45) is 0 Å². The molecule has 5 aromatic rings. The Hall–Kier alpha value is -4.52. The summed E-state index contributed by atoms with van der Waals surface area (Å²) in [6.07, 6.45) is 4.14. The molecule has 162 valence electrons. The monoisotopic (exact) mass is 435 g/mol. The molecule has 3 aromatic carbocycles. The second-order valence-corrected chi connectivity index (χ2v) is 7.52. The maximum Gasteiger partial charge on any atom is 0.426 e. The number of carbonyl (C=O) groups is 1. The number of imidazole rings is 1. The predicted molar refractivity (Wildman–Crippen MR) is 123 cm³/mol. The van der Waals surface area contributed by atoms with Crippen LogP contribution in [-0.2, 0) is 5.54 Å². The molecule has 5 rings (SSSR count). The fraction of sp³-hybridized carbons (Fsp3) is 0.0769. The highest BCUT2D eigenvalue weighted by atomic mass is 16.6. The first kappa shape index (κ1) is 20.4. The summed E-state index contributed by atoms with van der Waals surface area (Å²) < 4.78 is 8.58. The molecular formula is C26H21N5O2. The van der Waals surface area contributed by atoms with Gasteiger partial charge in [0, 0.05) is 12.4 Å². The summed E-state index contributed by atoms with van der Waals surface area (Å²) in [6.45, 7) is 1.73. The van der Waals surface area contributed by atoms with Crippen molar-refractivity contribution in [3.05, 3.63) is 132 Å². The second kappa shape index (κ2) is 8.55. The van der Waals surface area contributed by atoms with Crippen molar-refractivity contribution in [3.63, 3.8) is 0 Å². The molecule has 33 heavy (non-hydrogen) atoms. The number of aryl methyl sites for hydroxylation is 1. The Labute approximate surface area is 190 Å². The average molecular weight is 435 g/mol. The van der Waals surface area contributed by atoms with Crippen LogP contribution in [0.5, 0.6) is 5.88 Å². The van der Waals surface area contributed by atoms with Gasteiger partial charge in [-0.05, 0) is 23.6 Å². The van der Waals surface area contributed by atoms with E-state index in [1.165, 1.54) is 4.57 Å². The van der Waals surface area contributed by atoms with Crippen molar-refractivity contribution in [2.45, 2.75) is 12.5 Å². The molecule has 0 saturated carbocycles. The highest BCUT2D eigenvalue weighted by Crippen LogP contribution is 2.40. The first-order valence-electron chi connectivity index (χ1n) is 10.5. The van der Waals surface area contributed by atoms with E-state index in [1.807, 2.05) is 54.6 Å². The Morgan fingerprint density at radius 2 is 1.33 bits per heavy atom. The maximum atomic E-state index is 12.6. The number of hydrogen-bond donors (Lipinski definition) is 0. The van der Waals surface area contributed by atoms with Crippen LogP contribution in [0.3, 0.4) is 0 Å². The van der Waals surface area contributed by atoms with Crippen LogP contribution >= 0.6 is 0 Å². The summed E-state index contributed by atoms with van der Waals surface area (Å²) in [5.41, 5.74) is 2.16. The van der Waals surface area contributed by atoms with E-state index >= 15 is 0 Å². The molecule has 0 radical (unpaired) electrons. The number of rotatable bonds is 5. The summed E-state index contributed by atoms with van der Waals surface area (Å²) in [6, 6.07) is 30.3. The van der Waals surface area contributed by atoms with Crippen LogP contribution in [0.4, 0.5) is 4.79 Å². The standard InChI is InChI=1S/C26H21N5O2/c1-20-27-17-18-30(20)25(32)33-24-19-31(29-28-24)26(21-11-5-2-6-12-21,22-13-7-3-8-14-22)23-15-9-4-10-16-23/h2-19H,1H3. The SMILES string of the molecule is Cc1nccn1C(=O)Oc1cn(C(c2ccccc2)(c2ccccc2)c2ccccc2)nn1.